The molecule has 0 spiro atoms. The average molecular weight is 463 g/mol. The summed E-state index contributed by atoms with van der Waals surface area (Å²) in [5, 5.41) is 11.9. The molecule has 10 heteroatoms. The van der Waals surface area contributed by atoms with E-state index in [2.05, 4.69) is 0 Å². The summed E-state index contributed by atoms with van der Waals surface area (Å²) in [6, 6.07) is 5.93. The third-order valence-electron chi connectivity index (χ3n) is 7.47. The molecule has 2 heterocycles. The molecule has 3 aliphatic rings. The van der Waals surface area contributed by atoms with Crippen molar-refractivity contribution < 1.29 is 38.2 Å². The van der Waals surface area contributed by atoms with E-state index in [0.717, 1.165) is 6.42 Å². The first-order chi connectivity index (χ1) is 15.7. The Bertz CT molecular complexity index is 952. The van der Waals surface area contributed by atoms with Crippen molar-refractivity contribution >= 4 is 11.9 Å². The van der Waals surface area contributed by atoms with Gasteiger partial charge in [0, 0.05) is 49.9 Å². The maximum Gasteiger partial charge on any atom is 0.338 e. The molecule has 1 saturated carbocycles. The lowest BCUT2D eigenvalue weighted by Gasteiger charge is -2.50. The number of esters is 2. The molecule has 0 aromatic heterocycles. The van der Waals surface area contributed by atoms with Crippen molar-refractivity contribution in [1.29, 1.82) is 0 Å². The highest BCUT2D eigenvalue weighted by molar-refractivity contribution is 5.84. The van der Waals surface area contributed by atoms with Gasteiger partial charge in [-0.1, -0.05) is 24.6 Å². The number of methoxy groups -OCH3 is 2. The molecule has 10 nitrogen and oxygen atoms in total. The molecule has 2 aliphatic heterocycles. The molecule has 4 rings (SSSR count). The Morgan fingerprint density at radius 1 is 1.00 bits per heavy atom. The van der Waals surface area contributed by atoms with Crippen LogP contribution in [-0.2, 0) is 28.5 Å². The highest BCUT2D eigenvalue weighted by atomic mass is 16.8. The van der Waals surface area contributed by atoms with Gasteiger partial charge in [-0.3, -0.25) is 14.9 Å². The summed E-state index contributed by atoms with van der Waals surface area (Å²) in [7, 11) is 2.77. The number of fused-ring (bicyclic) bond motifs is 1. The number of rotatable bonds is 5. The Kier molecular flexibility index (Phi) is 6.19. The molecule has 0 N–H and O–H groups in total. The SMILES string of the molecule is CO[C@@]1(C)OC(=O)[C@@H]([C@H]2c3ccccc3OC(=O)[C@@H]2[C@@H]2CCCC[C@@H]2[N+](=O)[O-])O[C@]1(C)OC. The summed E-state index contributed by atoms with van der Waals surface area (Å²) in [4.78, 5) is 38.1. The lowest BCUT2D eigenvalue weighted by atomic mass is 9.67. The topological polar surface area (TPSA) is 123 Å². The molecule has 33 heavy (non-hydrogen) atoms. The van der Waals surface area contributed by atoms with E-state index >= 15 is 0 Å². The van der Waals surface area contributed by atoms with Gasteiger partial charge in [-0.05, 0) is 25.8 Å². The van der Waals surface area contributed by atoms with Crippen molar-refractivity contribution in [2.75, 3.05) is 14.2 Å². The van der Waals surface area contributed by atoms with Gasteiger partial charge in [0.25, 0.3) is 5.79 Å². The lowest BCUT2D eigenvalue weighted by molar-refractivity contribution is -0.537. The Hall–Kier alpha value is -2.56. The molecule has 1 aromatic rings. The van der Waals surface area contributed by atoms with Crippen LogP contribution < -0.4 is 4.74 Å². The van der Waals surface area contributed by atoms with Gasteiger partial charge in [0.05, 0.1) is 5.92 Å². The van der Waals surface area contributed by atoms with Crippen molar-refractivity contribution in [3.05, 3.63) is 39.9 Å². The fourth-order valence-electron chi connectivity index (χ4n) is 5.40. The van der Waals surface area contributed by atoms with Gasteiger partial charge >= 0.3 is 11.9 Å². The van der Waals surface area contributed by atoms with Crippen LogP contribution in [0, 0.1) is 22.0 Å². The van der Waals surface area contributed by atoms with E-state index in [-0.39, 0.29) is 4.92 Å². The first-order valence-corrected chi connectivity index (χ1v) is 11.1. The average Bonchev–Trinajstić information content (AvgIpc) is 2.80. The summed E-state index contributed by atoms with van der Waals surface area (Å²) in [5.74, 6) is -6.48. The second-order valence-electron chi connectivity index (χ2n) is 9.07. The smallest absolute Gasteiger partial charge is 0.338 e. The zero-order valence-electron chi connectivity index (χ0n) is 19.1. The Morgan fingerprint density at radius 3 is 2.33 bits per heavy atom. The van der Waals surface area contributed by atoms with Crippen LogP contribution in [0.15, 0.2) is 24.3 Å². The Balaban J connectivity index is 1.82. The zero-order valence-corrected chi connectivity index (χ0v) is 19.1. The largest absolute Gasteiger partial charge is 0.426 e. The van der Waals surface area contributed by atoms with Gasteiger partial charge in [0.2, 0.25) is 11.8 Å². The van der Waals surface area contributed by atoms with Crippen LogP contribution >= 0.6 is 0 Å². The number of carbonyl (C=O) groups excluding carboxylic acids is 2. The van der Waals surface area contributed by atoms with Crippen LogP contribution in [0.25, 0.3) is 0 Å². The highest BCUT2D eigenvalue weighted by Crippen LogP contribution is 2.50. The van der Waals surface area contributed by atoms with E-state index in [1.54, 1.807) is 31.2 Å². The maximum atomic E-state index is 13.3. The number of nitro groups is 1. The molecule has 0 amide bonds. The maximum absolute atomic E-state index is 13.3. The number of cyclic esters (lactones) is 1. The summed E-state index contributed by atoms with van der Waals surface area (Å²) in [6.45, 7) is 3.10. The minimum Gasteiger partial charge on any atom is -0.426 e. The van der Waals surface area contributed by atoms with E-state index in [9.17, 15) is 19.7 Å². The summed E-state index contributed by atoms with van der Waals surface area (Å²) >= 11 is 0. The molecule has 1 aliphatic carbocycles. The van der Waals surface area contributed by atoms with Crippen molar-refractivity contribution in [2.45, 2.75) is 69.2 Å². The molecule has 1 saturated heterocycles. The van der Waals surface area contributed by atoms with Gasteiger partial charge in [-0.2, -0.15) is 0 Å². The van der Waals surface area contributed by atoms with E-state index in [0.29, 0.717) is 30.6 Å². The van der Waals surface area contributed by atoms with Gasteiger partial charge in [-0.15, -0.1) is 0 Å². The molecular weight excluding hydrogens is 434 g/mol. The first kappa shape index (κ1) is 23.6. The van der Waals surface area contributed by atoms with Crippen LogP contribution in [0.3, 0.4) is 0 Å². The van der Waals surface area contributed by atoms with E-state index < -0.39 is 53.4 Å². The normalized spacial score (nSPS) is 38.7. The quantitative estimate of drug-likeness (QED) is 0.281. The summed E-state index contributed by atoms with van der Waals surface area (Å²) in [6.07, 6.45) is 1.04. The second-order valence-corrected chi connectivity index (χ2v) is 9.07. The van der Waals surface area contributed by atoms with Gasteiger partial charge < -0.3 is 23.7 Å². The van der Waals surface area contributed by atoms with Gasteiger partial charge in [-0.25, -0.2) is 4.79 Å². The van der Waals surface area contributed by atoms with Crippen molar-refractivity contribution in [3.8, 4) is 5.75 Å². The fraction of sp³-hybridized carbons (Fsp3) is 0.652. The molecule has 0 radical (unpaired) electrons. The third-order valence-corrected chi connectivity index (χ3v) is 7.47. The molecule has 0 unspecified atom stereocenters. The van der Waals surface area contributed by atoms with Crippen LogP contribution in [-0.4, -0.2) is 54.8 Å². The summed E-state index contributed by atoms with van der Waals surface area (Å²) in [5.41, 5.74) is 0.566. The predicted molar refractivity (Wildman–Crippen MR) is 113 cm³/mol. The van der Waals surface area contributed by atoms with Crippen molar-refractivity contribution in [2.24, 2.45) is 11.8 Å². The second kappa shape index (κ2) is 8.66. The molecular formula is C23H29NO9. The lowest BCUT2D eigenvalue weighted by Crippen LogP contribution is -2.66. The number of hydrogen-bond donors (Lipinski definition) is 0. The number of hydrogen-bond acceptors (Lipinski definition) is 9. The predicted octanol–water partition coefficient (Wildman–Crippen LogP) is 2.81. The fourth-order valence-corrected chi connectivity index (χ4v) is 5.40. The molecule has 2 fully saturated rings. The molecule has 7 atom stereocenters. The van der Waals surface area contributed by atoms with Crippen LogP contribution in [0.4, 0.5) is 0 Å². The van der Waals surface area contributed by atoms with Gasteiger partial charge in [0.15, 0.2) is 6.10 Å². The number of nitrogens with zero attached hydrogens (tertiary/aromatic N) is 1. The van der Waals surface area contributed by atoms with E-state index in [1.165, 1.54) is 21.1 Å². The van der Waals surface area contributed by atoms with Crippen LogP contribution in [0.5, 0.6) is 5.75 Å². The minimum atomic E-state index is -1.53. The molecule has 1 aromatic carbocycles. The summed E-state index contributed by atoms with van der Waals surface area (Å²) < 4.78 is 28.4. The van der Waals surface area contributed by atoms with Crippen molar-refractivity contribution in [3.63, 3.8) is 0 Å². The Morgan fingerprint density at radius 2 is 1.67 bits per heavy atom. The number of para-hydroxylation sites is 1. The molecule has 0 bridgehead atoms. The van der Waals surface area contributed by atoms with Crippen molar-refractivity contribution in [1.82, 2.24) is 0 Å². The zero-order chi connectivity index (χ0) is 24.0. The number of ether oxygens (including phenoxy) is 5. The van der Waals surface area contributed by atoms with E-state index in [4.69, 9.17) is 23.7 Å². The number of carbonyl (C=O) groups is 2. The van der Waals surface area contributed by atoms with Gasteiger partial charge in [0.1, 0.15) is 5.75 Å². The standard InChI is InChI=1S/C23H29NO9/c1-22(29-3)23(2,30-4)33-21(26)19(32-22)17-14-10-6-8-12-16(14)31-20(25)18(17)13-9-5-7-11-15(13)24(27)28/h6,8,10,12-13,15,17-19H,5,7,9,11H2,1-4H3/t13-,15+,17+,18-,19-,22+,23+/m1/s1. The van der Waals surface area contributed by atoms with Crippen LogP contribution in [0.2, 0.25) is 0 Å². The monoisotopic (exact) mass is 463 g/mol. The van der Waals surface area contributed by atoms with Crippen LogP contribution in [0.1, 0.15) is 51.0 Å². The third kappa shape index (κ3) is 3.79. The number of benzene rings is 1. The highest BCUT2D eigenvalue weighted by Gasteiger charge is 2.62. The Labute approximate surface area is 191 Å². The molecule has 180 valence electrons. The minimum absolute atomic E-state index is 0.299. The first-order valence-electron chi connectivity index (χ1n) is 11.1. The van der Waals surface area contributed by atoms with E-state index in [1.807, 2.05) is 0 Å².